The van der Waals surface area contributed by atoms with Crippen molar-refractivity contribution in [1.29, 1.82) is 0 Å². The highest BCUT2D eigenvalue weighted by Crippen LogP contribution is 2.58. The average molecular weight is 914 g/mol. The number of carbonyl (C=O) groups excluding carboxylic acids is 5. The number of ether oxygens (including phenoxy) is 2. The van der Waals surface area contributed by atoms with Crippen molar-refractivity contribution in [2.75, 3.05) is 19.6 Å². The van der Waals surface area contributed by atoms with Gasteiger partial charge in [-0.25, -0.2) is 14.6 Å². The molecule has 3 heterocycles. The summed E-state index contributed by atoms with van der Waals surface area (Å²) in [6, 6.07) is 24.9. The number of carbonyl (C=O) groups is 5. The number of aromatic nitrogens is 2. The second-order valence-electron chi connectivity index (χ2n) is 21.0. The Morgan fingerprint density at radius 2 is 1.19 bits per heavy atom. The largest absolute Gasteiger partial charge is 0.444 e. The number of hydrogen-bond acceptors (Lipinski definition) is 8. The van der Waals surface area contributed by atoms with E-state index in [1.165, 1.54) is 5.56 Å². The van der Waals surface area contributed by atoms with Gasteiger partial charge in [0.25, 0.3) is 5.91 Å². The molecular weight excluding hydrogens is 847 g/mol. The van der Waals surface area contributed by atoms with Gasteiger partial charge in [-0.3, -0.25) is 14.4 Å². The van der Waals surface area contributed by atoms with Crippen molar-refractivity contribution in [3.63, 3.8) is 0 Å². The molecule has 4 atom stereocenters. The maximum Gasteiger partial charge on any atom is 0.408 e. The third-order valence-corrected chi connectivity index (χ3v) is 14.2. The van der Waals surface area contributed by atoms with Gasteiger partial charge >= 0.3 is 12.2 Å². The summed E-state index contributed by atoms with van der Waals surface area (Å²) in [5.74, 6) is 0.370. The monoisotopic (exact) mass is 914 g/mol. The molecule has 4 N–H and O–H groups in total. The summed E-state index contributed by atoms with van der Waals surface area (Å²) in [4.78, 5) is 80.1. The van der Waals surface area contributed by atoms with Gasteiger partial charge in [0, 0.05) is 31.1 Å². The molecule has 0 spiro atoms. The quantitative estimate of drug-likeness (QED) is 0.109. The number of nitrogens with zero attached hydrogens (tertiary/aromatic N) is 3. The third kappa shape index (κ3) is 10.7. The zero-order chi connectivity index (χ0) is 47.6. The molecule has 4 aromatic rings. The van der Waals surface area contributed by atoms with Crippen LogP contribution >= 0.6 is 0 Å². The Balaban J connectivity index is 0.873. The van der Waals surface area contributed by atoms with Gasteiger partial charge in [0.2, 0.25) is 11.8 Å². The predicted molar refractivity (Wildman–Crippen MR) is 254 cm³/mol. The molecule has 2 aliphatic heterocycles. The van der Waals surface area contributed by atoms with E-state index in [4.69, 9.17) is 14.5 Å². The second kappa shape index (κ2) is 19.2. The first-order valence-corrected chi connectivity index (χ1v) is 24.1. The fourth-order valence-corrected chi connectivity index (χ4v) is 10.7. The molecule has 5 amide bonds. The number of amides is 5. The Morgan fingerprint density at radius 3 is 1.73 bits per heavy atom. The highest BCUT2D eigenvalue weighted by molar-refractivity contribution is 5.89. The molecule has 5 aliphatic rings. The number of H-pyrrole nitrogens is 1. The Bertz CT molecular complexity index is 2380. The van der Waals surface area contributed by atoms with Crippen molar-refractivity contribution < 1.29 is 33.4 Å². The van der Waals surface area contributed by atoms with E-state index < -0.39 is 40.9 Å². The lowest BCUT2D eigenvalue weighted by Crippen LogP contribution is -2.54. The molecule has 9 rings (SSSR count). The Labute approximate surface area is 394 Å². The molecule has 5 fully saturated rings. The molecule has 1 aromatic heterocycles. The van der Waals surface area contributed by atoms with Gasteiger partial charge in [-0.1, -0.05) is 84.9 Å². The van der Waals surface area contributed by atoms with Gasteiger partial charge in [0.1, 0.15) is 29.1 Å². The molecule has 356 valence electrons. The molecule has 14 nitrogen and oxygen atoms in total. The molecule has 0 radical (unpaired) electrons. The summed E-state index contributed by atoms with van der Waals surface area (Å²) >= 11 is 0. The molecule has 2 bridgehead atoms. The van der Waals surface area contributed by atoms with Gasteiger partial charge in [-0.15, -0.1) is 0 Å². The van der Waals surface area contributed by atoms with E-state index in [-0.39, 0.29) is 35.2 Å². The van der Waals surface area contributed by atoms with Crippen LogP contribution in [0.5, 0.6) is 0 Å². The summed E-state index contributed by atoms with van der Waals surface area (Å²) < 4.78 is 11.0. The van der Waals surface area contributed by atoms with E-state index in [1.807, 2.05) is 76.7 Å². The normalized spacial score (nSPS) is 23.6. The Morgan fingerprint density at radius 1 is 0.687 bits per heavy atom. The summed E-state index contributed by atoms with van der Waals surface area (Å²) in [7, 11) is 0. The molecular formula is C53H67N7O7. The minimum absolute atomic E-state index is 0.00924. The fraction of sp³-hybridized carbons (Fsp3) is 0.509. The maximum atomic E-state index is 14.2. The number of imidazole rings is 1. The fourth-order valence-electron chi connectivity index (χ4n) is 10.7. The van der Waals surface area contributed by atoms with Crippen LogP contribution in [0, 0.1) is 5.41 Å². The molecule has 4 unspecified atom stereocenters. The SMILES string of the molecule is CC(C)(C)OC(=O)NC(C(=O)N1CCCC1CNC(=O)C12CCC(c3ccc(-c4cnc(C5CCCN5C(=O)C(NC(=O)OC(C)(C)C)c5ccccc5)[nH]4)cc3)(CC1)CC2)c1ccccc1. The van der Waals surface area contributed by atoms with Crippen LogP contribution in [0.4, 0.5) is 9.59 Å². The van der Waals surface area contributed by atoms with Gasteiger partial charge in [-0.2, -0.15) is 0 Å². The number of alkyl carbamates (subject to hydrolysis) is 2. The van der Waals surface area contributed by atoms with Crippen LogP contribution in [0.1, 0.15) is 146 Å². The van der Waals surface area contributed by atoms with Crippen LogP contribution in [0.2, 0.25) is 0 Å². The second-order valence-corrected chi connectivity index (χ2v) is 21.0. The predicted octanol–water partition coefficient (Wildman–Crippen LogP) is 8.97. The van der Waals surface area contributed by atoms with Crippen LogP contribution in [0.15, 0.2) is 91.1 Å². The standard InChI is InChI=1S/C53H67N7O7/c1-50(2,3)66-48(64)57-42(36-15-9-7-10-16-36)45(61)59-31-13-19-39(59)33-55-47(63)53-28-25-52(26-29-53,27-30-53)38-23-21-35(22-24-38)40-34-54-44(56-40)41-20-14-32-60(41)46(62)43(37-17-11-8-12-18-37)58-49(65)67-51(4,5)6/h7-12,15-18,21-24,34,39,41-43H,13-14,19-20,25-33H2,1-6H3,(H,54,56)(H,55,63)(H,57,64)(H,58,65). The first kappa shape index (κ1) is 47.3. The van der Waals surface area contributed by atoms with E-state index in [1.54, 1.807) is 41.5 Å². The number of rotatable bonds is 12. The number of benzene rings is 3. The van der Waals surface area contributed by atoms with E-state index in [2.05, 4.69) is 45.2 Å². The highest BCUT2D eigenvalue weighted by Gasteiger charge is 2.53. The zero-order valence-corrected chi connectivity index (χ0v) is 39.9. The number of hydrogen-bond donors (Lipinski definition) is 4. The lowest BCUT2D eigenvalue weighted by Gasteiger charge is -2.53. The van der Waals surface area contributed by atoms with Crippen molar-refractivity contribution in [1.82, 2.24) is 35.7 Å². The molecule has 3 aromatic carbocycles. The Hall–Kier alpha value is -6.18. The van der Waals surface area contributed by atoms with Crippen LogP contribution in [-0.4, -0.2) is 86.6 Å². The number of fused-ring (bicyclic) bond motifs is 3. The lowest BCUT2D eigenvalue weighted by molar-refractivity contribution is -0.139. The van der Waals surface area contributed by atoms with Crippen molar-refractivity contribution in [3.8, 4) is 11.3 Å². The van der Waals surface area contributed by atoms with Gasteiger partial charge in [0.05, 0.1) is 17.9 Å². The van der Waals surface area contributed by atoms with Crippen LogP contribution in [0.3, 0.4) is 0 Å². The van der Waals surface area contributed by atoms with E-state index in [0.717, 1.165) is 75.5 Å². The Kier molecular flexibility index (Phi) is 13.6. The first-order valence-electron chi connectivity index (χ1n) is 24.1. The van der Waals surface area contributed by atoms with Gasteiger partial charge in [-0.05, 0) is 133 Å². The summed E-state index contributed by atoms with van der Waals surface area (Å²) in [6.45, 7) is 12.2. The van der Waals surface area contributed by atoms with Crippen molar-refractivity contribution >= 4 is 29.9 Å². The smallest absolute Gasteiger partial charge is 0.408 e. The van der Waals surface area contributed by atoms with Crippen LogP contribution < -0.4 is 16.0 Å². The maximum absolute atomic E-state index is 14.2. The summed E-state index contributed by atoms with van der Waals surface area (Å²) in [5, 5.41) is 8.93. The lowest BCUT2D eigenvalue weighted by atomic mass is 9.51. The van der Waals surface area contributed by atoms with Crippen molar-refractivity contribution in [3.05, 3.63) is 114 Å². The molecule has 67 heavy (non-hydrogen) atoms. The minimum Gasteiger partial charge on any atom is -0.444 e. The van der Waals surface area contributed by atoms with Crippen LogP contribution in [-0.2, 0) is 29.3 Å². The number of aromatic amines is 1. The molecule has 3 saturated carbocycles. The van der Waals surface area contributed by atoms with Gasteiger partial charge < -0.3 is 40.2 Å². The topological polar surface area (TPSA) is 175 Å². The summed E-state index contributed by atoms with van der Waals surface area (Å²) in [5.41, 5.74) is 2.67. The van der Waals surface area contributed by atoms with Gasteiger partial charge in [0.15, 0.2) is 0 Å². The van der Waals surface area contributed by atoms with E-state index in [0.29, 0.717) is 36.6 Å². The van der Waals surface area contributed by atoms with E-state index in [9.17, 15) is 24.0 Å². The van der Waals surface area contributed by atoms with Crippen molar-refractivity contribution in [2.45, 2.75) is 147 Å². The number of likely N-dealkylation sites (tertiary alicyclic amines) is 2. The molecule has 3 aliphatic carbocycles. The first-order chi connectivity index (χ1) is 31.9. The third-order valence-electron chi connectivity index (χ3n) is 14.2. The minimum atomic E-state index is -0.909. The summed E-state index contributed by atoms with van der Waals surface area (Å²) in [6.07, 6.45) is 8.88. The molecule has 14 heteroatoms. The number of nitrogens with one attached hydrogen (secondary N) is 4. The van der Waals surface area contributed by atoms with E-state index >= 15 is 0 Å². The molecule has 2 saturated heterocycles. The zero-order valence-electron chi connectivity index (χ0n) is 39.9. The highest BCUT2D eigenvalue weighted by atomic mass is 16.6. The van der Waals surface area contributed by atoms with Crippen LogP contribution in [0.25, 0.3) is 11.3 Å². The van der Waals surface area contributed by atoms with Crippen molar-refractivity contribution in [2.24, 2.45) is 5.41 Å². The average Bonchev–Trinajstić information content (AvgIpc) is 4.11.